The number of ether oxygens (including phenoxy) is 1. The minimum Gasteiger partial charge on any atom is -0.381 e. The molecule has 8 nitrogen and oxygen atoms in total. The summed E-state index contributed by atoms with van der Waals surface area (Å²) in [4.78, 5) is 7.46. The van der Waals surface area contributed by atoms with Crippen molar-refractivity contribution in [2.45, 2.75) is 84.5 Å². The molecular weight excluding hydrogens is 378 g/mol. The number of aryl methyl sites for hydroxylation is 1. The second-order valence-electron chi connectivity index (χ2n) is 8.79. The smallest absolute Gasteiger partial charge is 0.192 e. The Morgan fingerprint density at radius 1 is 1.27 bits per heavy atom. The lowest BCUT2D eigenvalue weighted by atomic mass is 9.58. The summed E-state index contributed by atoms with van der Waals surface area (Å²) in [5.41, 5.74) is 0.168. The summed E-state index contributed by atoms with van der Waals surface area (Å²) < 4.78 is 7.79. The van der Waals surface area contributed by atoms with Gasteiger partial charge in [0.15, 0.2) is 11.8 Å². The van der Waals surface area contributed by atoms with Crippen LogP contribution in [0.5, 0.6) is 0 Å². The highest BCUT2D eigenvalue weighted by Crippen LogP contribution is 2.48. The number of nitrogens with zero attached hydrogens (tertiary/aromatic N) is 5. The molecule has 1 aromatic rings. The van der Waals surface area contributed by atoms with Gasteiger partial charge in [-0.15, -0.1) is 10.2 Å². The van der Waals surface area contributed by atoms with Crippen molar-refractivity contribution in [2.24, 2.45) is 17.5 Å². The normalized spacial score (nSPS) is 26.6. The number of hydrogen-bond acceptors (Lipinski definition) is 5. The largest absolute Gasteiger partial charge is 0.381 e. The van der Waals surface area contributed by atoms with Crippen molar-refractivity contribution in [3.8, 4) is 0 Å². The van der Waals surface area contributed by atoms with Crippen LogP contribution in [-0.2, 0) is 18.3 Å². The zero-order valence-electron chi connectivity index (χ0n) is 19.7. The van der Waals surface area contributed by atoms with E-state index < -0.39 is 0 Å². The van der Waals surface area contributed by atoms with Gasteiger partial charge in [-0.1, -0.05) is 20.8 Å². The van der Waals surface area contributed by atoms with Crippen LogP contribution in [0.1, 0.15) is 64.5 Å². The van der Waals surface area contributed by atoms with Crippen molar-refractivity contribution in [1.82, 2.24) is 30.3 Å². The van der Waals surface area contributed by atoms with Crippen LogP contribution in [0.25, 0.3) is 0 Å². The molecule has 1 saturated carbocycles. The number of rotatable bonds is 9. The predicted molar refractivity (Wildman–Crippen MR) is 121 cm³/mol. The topological polar surface area (TPSA) is 79.6 Å². The summed E-state index contributed by atoms with van der Waals surface area (Å²) in [6, 6.07) is 0.949. The van der Waals surface area contributed by atoms with E-state index >= 15 is 0 Å². The molecule has 2 N–H and O–H groups in total. The van der Waals surface area contributed by atoms with Crippen molar-refractivity contribution >= 4 is 5.96 Å². The SMILES string of the molecule is CCN1CCCC1CNC(=NCc1nnc(C)n1C)NC1CC(OC)C1(CC)CC. The van der Waals surface area contributed by atoms with Crippen molar-refractivity contribution in [3.63, 3.8) is 0 Å². The number of methoxy groups -OCH3 is 1. The summed E-state index contributed by atoms with van der Waals surface area (Å²) in [6.07, 6.45) is 6.07. The van der Waals surface area contributed by atoms with Crippen LogP contribution >= 0.6 is 0 Å². The zero-order chi connectivity index (χ0) is 21.7. The van der Waals surface area contributed by atoms with Crippen molar-refractivity contribution in [2.75, 3.05) is 26.7 Å². The first-order valence-corrected chi connectivity index (χ1v) is 11.7. The van der Waals surface area contributed by atoms with E-state index in [0.29, 0.717) is 24.7 Å². The highest BCUT2D eigenvalue weighted by atomic mass is 16.5. The molecule has 1 saturated heterocycles. The molecule has 2 heterocycles. The average molecular weight is 420 g/mol. The maximum Gasteiger partial charge on any atom is 0.192 e. The third-order valence-electron chi connectivity index (χ3n) is 7.67. The highest BCUT2D eigenvalue weighted by molar-refractivity contribution is 5.80. The van der Waals surface area contributed by atoms with Gasteiger partial charge in [-0.05, 0) is 52.1 Å². The number of hydrogen-bond donors (Lipinski definition) is 2. The Kier molecular flexibility index (Phi) is 7.74. The second kappa shape index (κ2) is 10.1. The molecule has 1 aliphatic heterocycles. The summed E-state index contributed by atoms with van der Waals surface area (Å²) in [5, 5.41) is 15.8. The van der Waals surface area contributed by atoms with Gasteiger partial charge < -0.3 is 19.9 Å². The maximum atomic E-state index is 5.78. The van der Waals surface area contributed by atoms with Gasteiger partial charge in [-0.2, -0.15) is 0 Å². The molecule has 1 aliphatic carbocycles. The van der Waals surface area contributed by atoms with Gasteiger partial charge in [-0.3, -0.25) is 4.90 Å². The molecule has 3 rings (SSSR count). The quantitative estimate of drug-likeness (QED) is 0.472. The van der Waals surface area contributed by atoms with Crippen LogP contribution < -0.4 is 10.6 Å². The third kappa shape index (κ3) is 4.49. The molecule has 3 atom stereocenters. The van der Waals surface area contributed by atoms with Gasteiger partial charge in [0.2, 0.25) is 0 Å². The Bertz CT molecular complexity index is 712. The van der Waals surface area contributed by atoms with Gasteiger partial charge in [0.05, 0.1) is 6.10 Å². The lowest BCUT2D eigenvalue weighted by Crippen LogP contribution is -2.65. The van der Waals surface area contributed by atoms with Crippen molar-refractivity contribution in [1.29, 1.82) is 0 Å². The summed E-state index contributed by atoms with van der Waals surface area (Å²) in [6.45, 7) is 12.5. The Labute approximate surface area is 181 Å². The molecule has 30 heavy (non-hydrogen) atoms. The standard InChI is InChI=1S/C22H41N7O/c1-7-22(8-2)18(13-19(22)30-6)25-21(23-14-17-11-10-12-29(17)9-3)24-15-20-27-26-16(4)28(20)5/h17-19H,7-15H2,1-6H3,(H2,23,24,25). The number of guanidine groups is 1. The zero-order valence-corrected chi connectivity index (χ0v) is 19.7. The number of likely N-dealkylation sites (N-methyl/N-ethyl adjacent to an activating group) is 1. The van der Waals surface area contributed by atoms with Gasteiger partial charge in [0.25, 0.3) is 0 Å². The molecule has 0 amide bonds. The van der Waals surface area contributed by atoms with Gasteiger partial charge >= 0.3 is 0 Å². The van der Waals surface area contributed by atoms with E-state index in [-0.39, 0.29) is 5.41 Å². The number of aliphatic imine (C=N–C) groups is 1. The number of aromatic nitrogens is 3. The van der Waals surface area contributed by atoms with Gasteiger partial charge in [-0.25, -0.2) is 4.99 Å². The van der Waals surface area contributed by atoms with Crippen LogP contribution in [0.15, 0.2) is 4.99 Å². The van der Waals surface area contributed by atoms with Crippen LogP contribution in [0.4, 0.5) is 0 Å². The van der Waals surface area contributed by atoms with E-state index in [4.69, 9.17) is 9.73 Å². The molecule has 1 aromatic heterocycles. The van der Waals surface area contributed by atoms with E-state index in [1.807, 2.05) is 25.6 Å². The Morgan fingerprint density at radius 3 is 2.63 bits per heavy atom. The predicted octanol–water partition coefficient (Wildman–Crippen LogP) is 2.24. The Hall–Kier alpha value is -1.67. The molecule has 0 aromatic carbocycles. The lowest BCUT2D eigenvalue weighted by Gasteiger charge is -2.55. The Balaban J connectivity index is 1.71. The van der Waals surface area contributed by atoms with Gasteiger partial charge in [0.1, 0.15) is 12.4 Å². The lowest BCUT2D eigenvalue weighted by molar-refractivity contribution is -0.118. The molecule has 0 bridgehead atoms. The van der Waals surface area contributed by atoms with E-state index in [2.05, 4.69) is 46.5 Å². The highest BCUT2D eigenvalue weighted by Gasteiger charge is 2.53. The summed E-state index contributed by atoms with van der Waals surface area (Å²) >= 11 is 0. The number of likely N-dealkylation sites (tertiary alicyclic amines) is 1. The third-order valence-corrected chi connectivity index (χ3v) is 7.67. The van der Waals surface area contributed by atoms with E-state index in [1.54, 1.807) is 0 Å². The maximum absolute atomic E-state index is 5.78. The summed E-state index contributed by atoms with van der Waals surface area (Å²) in [5.74, 6) is 2.67. The average Bonchev–Trinajstić information content (AvgIpc) is 3.34. The van der Waals surface area contributed by atoms with Gasteiger partial charge in [0, 0.05) is 38.2 Å². The number of nitrogens with one attached hydrogen (secondary N) is 2. The van der Waals surface area contributed by atoms with E-state index in [9.17, 15) is 0 Å². The molecular formula is C22H41N7O. The first-order valence-electron chi connectivity index (χ1n) is 11.7. The summed E-state index contributed by atoms with van der Waals surface area (Å²) in [7, 11) is 3.83. The van der Waals surface area contributed by atoms with Crippen LogP contribution in [0, 0.1) is 12.3 Å². The first-order chi connectivity index (χ1) is 14.5. The van der Waals surface area contributed by atoms with Crippen LogP contribution in [-0.4, -0.2) is 70.6 Å². The molecule has 170 valence electrons. The fraction of sp³-hybridized carbons (Fsp3) is 0.864. The molecule has 2 aliphatic rings. The molecule has 0 radical (unpaired) electrons. The minimum atomic E-state index is 0.168. The van der Waals surface area contributed by atoms with Crippen LogP contribution in [0.2, 0.25) is 0 Å². The van der Waals surface area contributed by atoms with Crippen molar-refractivity contribution < 1.29 is 4.74 Å². The Morgan fingerprint density at radius 2 is 2.03 bits per heavy atom. The fourth-order valence-corrected chi connectivity index (χ4v) is 5.29. The van der Waals surface area contributed by atoms with Crippen LogP contribution in [0.3, 0.4) is 0 Å². The van der Waals surface area contributed by atoms with Crippen molar-refractivity contribution in [3.05, 3.63) is 11.6 Å². The molecule has 2 fully saturated rings. The molecule has 8 heteroatoms. The monoisotopic (exact) mass is 419 g/mol. The van der Waals surface area contributed by atoms with E-state index in [0.717, 1.165) is 50.0 Å². The first kappa shape index (κ1) is 23.0. The minimum absolute atomic E-state index is 0.168. The second-order valence-corrected chi connectivity index (χ2v) is 8.79. The fourth-order valence-electron chi connectivity index (χ4n) is 5.29. The van der Waals surface area contributed by atoms with E-state index in [1.165, 1.54) is 19.4 Å². The molecule has 0 spiro atoms. The molecule has 3 unspecified atom stereocenters.